The predicted octanol–water partition coefficient (Wildman–Crippen LogP) is 1.20. The molecule has 0 aliphatic rings. The molecule has 10 heavy (non-hydrogen) atoms. The molecule has 0 aromatic heterocycles. The van der Waals surface area contributed by atoms with Crippen LogP contribution in [0.5, 0.6) is 5.75 Å². The summed E-state index contributed by atoms with van der Waals surface area (Å²) in [6.45, 7) is 0. The average Bonchev–Trinajstić information content (AvgIpc) is 1.95. The Balaban J connectivity index is 2.69. The van der Waals surface area contributed by atoms with Crippen molar-refractivity contribution in [2.45, 2.75) is 0 Å². The molecule has 0 amide bonds. The van der Waals surface area contributed by atoms with Crippen molar-refractivity contribution in [1.82, 2.24) is 0 Å². The third-order valence-electron chi connectivity index (χ3n) is 1.00. The molecule has 0 aliphatic heterocycles. The molecule has 0 saturated heterocycles. The maximum atomic E-state index is 8.24. The fourth-order valence-electron chi connectivity index (χ4n) is 0.574. The van der Waals surface area contributed by atoms with Crippen molar-refractivity contribution in [3.63, 3.8) is 0 Å². The van der Waals surface area contributed by atoms with Crippen LogP contribution in [0, 0.1) is 3.57 Å². The van der Waals surface area contributed by atoms with Crippen LogP contribution in [-0.2, 0) is 0 Å². The average molecular weight is 247 g/mol. The van der Waals surface area contributed by atoms with Crippen LogP contribution in [0.1, 0.15) is 0 Å². The number of halogens is 1. The number of rotatable bonds is 2. The molecule has 0 bridgehead atoms. The van der Waals surface area contributed by atoms with Gasteiger partial charge in [0.05, 0.1) is 0 Å². The summed E-state index contributed by atoms with van der Waals surface area (Å²) in [5, 5.41) is 8.24. The Morgan fingerprint density at radius 2 is 1.90 bits per heavy atom. The van der Waals surface area contributed by atoms with E-state index in [1.165, 1.54) is 0 Å². The highest BCUT2D eigenvalue weighted by atomic mass is 127. The number of hydrogen-bond acceptors (Lipinski definition) is 2. The second-order valence-electron chi connectivity index (χ2n) is 1.68. The highest BCUT2D eigenvalue weighted by Gasteiger charge is 1.91. The van der Waals surface area contributed by atoms with Crippen LogP contribution in [0.15, 0.2) is 24.3 Å². The normalized spacial score (nSPS) is 9.00. The third kappa shape index (κ3) is 2.19. The summed E-state index contributed by atoms with van der Waals surface area (Å²) in [7, 11) is 0.669. The van der Waals surface area contributed by atoms with Crippen molar-refractivity contribution in [2.75, 3.05) is 0 Å². The summed E-state index contributed by atoms with van der Waals surface area (Å²) in [5.41, 5.74) is 0. The van der Waals surface area contributed by atoms with Gasteiger partial charge < -0.3 is 9.68 Å². The topological polar surface area (TPSA) is 29.5 Å². The van der Waals surface area contributed by atoms with E-state index in [1.54, 1.807) is 12.1 Å². The molecule has 0 spiro atoms. The second-order valence-corrected chi connectivity index (χ2v) is 2.92. The van der Waals surface area contributed by atoms with E-state index in [0.717, 1.165) is 3.57 Å². The minimum absolute atomic E-state index is 0.642. The van der Waals surface area contributed by atoms with Gasteiger partial charge in [-0.2, -0.15) is 0 Å². The van der Waals surface area contributed by atoms with Crippen LogP contribution in [0.2, 0.25) is 0 Å². The lowest BCUT2D eigenvalue weighted by Crippen LogP contribution is -1.99. The van der Waals surface area contributed by atoms with Crippen molar-refractivity contribution >= 4 is 30.3 Å². The van der Waals surface area contributed by atoms with Gasteiger partial charge in [-0.25, -0.2) is 0 Å². The van der Waals surface area contributed by atoms with E-state index in [4.69, 9.17) is 5.02 Å². The molecule has 1 N–H and O–H groups in total. The van der Waals surface area contributed by atoms with E-state index in [2.05, 4.69) is 27.2 Å². The van der Waals surface area contributed by atoms with Crippen molar-refractivity contribution < 1.29 is 9.68 Å². The fourth-order valence-corrected chi connectivity index (χ4v) is 0.934. The maximum Gasteiger partial charge on any atom is 0.569 e. The lowest BCUT2D eigenvalue weighted by atomic mass is 10.3. The molecule has 0 aliphatic carbocycles. The van der Waals surface area contributed by atoms with E-state index >= 15 is 0 Å². The zero-order chi connectivity index (χ0) is 7.40. The Morgan fingerprint density at radius 3 is 2.40 bits per heavy atom. The van der Waals surface area contributed by atoms with E-state index < -0.39 is 0 Å². The molecule has 0 fully saturated rings. The van der Waals surface area contributed by atoms with Gasteiger partial charge in [0.15, 0.2) is 0 Å². The summed E-state index contributed by atoms with van der Waals surface area (Å²) in [4.78, 5) is 0. The summed E-state index contributed by atoms with van der Waals surface area (Å²) in [6, 6.07) is 7.38. The molecule has 1 rings (SSSR count). The predicted molar refractivity (Wildman–Crippen MR) is 47.8 cm³/mol. The SMILES string of the molecule is O[B]Oc1ccc(I)cc1. The molecular formula is C6H5BIO2. The number of benzene rings is 1. The van der Waals surface area contributed by atoms with Crippen LogP contribution in [0.3, 0.4) is 0 Å². The van der Waals surface area contributed by atoms with Crippen LogP contribution in [-0.4, -0.2) is 12.7 Å². The van der Waals surface area contributed by atoms with Gasteiger partial charge in [-0.05, 0) is 46.9 Å². The van der Waals surface area contributed by atoms with Gasteiger partial charge in [0.25, 0.3) is 0 Å². The van der Waals surface area contributed by atoms with E-state index in [-0.39, 0.29) is 0 Å². The van der Waals surface area contributed by atoms with Crippen molar-refractivity contribution in [1.29, 1.82) is 0 Å². The van der Waals surface area contributed by atoms with Crippen molar-refractivity contribution in [3.8, 4) is 5.75 Å². The molecule has 2 nitrogen and oxygen atoms in total. The zero-order valence-electron chi connectivity index (χ0n) is 5.12. The van der Waals surface area contributed by atoms with Crippen molar-refractivity contribution in [3.05, 3.63) is 27.8 Å². The fraction of sp³-hybridized carbons (Fsp3) is 0. The molecule has 51 valence electrons. The van der Waals surface area contributed by atoms with Crippen molar-refractivity contribution in [2.24, 2.45) is 0 Å². The largest absolute Gasteiger partial charge is 0.569 e. The first-order chi connectivity index (χ1) is 4.83. The Morgan fingerprint density at radius 1 is 1.30 bits per heavy atom. The smallest absolute Gasteiger partial charge is 0.537 e. The van der Waals surface area contributed by atoms with E-state index in [9.17, 15) is 0 Å². The first-order valence-corrected chi connectivity index (χ1v) is 3.79. The van der Waals surface area contributed by atoms with Gasteiger partial charge >= 0.3 is 7.69 Å². The van der Waals surface area contributed by atoms with Crippen LogP contribution < -0.4 is 4.65 Å². The maximum absolute atomic E-state index is 8.24. The molecule has 1 aromatic rings. The Hall–Kier alpha value is -0.225. The summed E-state index contributed by atoms with van der Waals surface area (Å²) >= 11 is 2.20. The molecule has 0 heterocycles. The second kappa shape index (κ2) is 3.83. The molecule has 0 atom stereocenters. The van der Waals surface area contributed by atoms with Crippen LogP contribution in [0.25, 0.3) is 0 Å². The van der Waals surface area contributed by atoms with Gasteiger partial charge in [0.1, 0.15) is 5.75 Å². The van der Waals surface area contributed by atoms with E-state index in [0.29, 0.717) is 13.4 Å². The zero-order valence-corrected chi connectivity index (χ0v) is 7.28. The molecular weight excluding hydrogens is 242 g/mol. The van der Waals surface area contributed by atoms with Crippen LogP contribution in [0.4, 0.5) is 0 Å². The lowest BCUT2D eigenvalue weighted by molar-refractivity contribution is 0.454. The Labute approximate surface area is 73.7 Å². The minimum Gasteiger partial charge on any atom is -0.537 e. The van der Waals surface area contributed by atoms with Gasteiger partial charge in [0.2, 0.25) is 0 Å². The van der Waals surface area contributed by atoms with Gasteiger partial charge in [-0.15, -0.1) is 0 Å². The minimum atomic E-state index is 0.642. The standard InChI is InChI=1S/C6H5BIO2/c8-5-1-3-6(4-2-5)10-7-9/h1-4,9H. The molecule has 0 saturated carbocycles. The van der Waals surface area contributed by atoms with E-state index in [1.807, 2.05) is 12.1 Å². The molecule has 4 heteroatoms. The Kier molecular flexibility index (Phi) is 3.01. The summed E-state index contributed by atoms with van der Waals surface area (Å²) in [6.07, 6.45) is 0. The Bertz CT molecular complexity index is 199. The summed E-state index contributed by atoms with van der Waals surface area (Å²) < 4.78 is 5.83. The van der Waals surface area contributed by atoms with Gasteiger partial charge in [0, 0.05) is 3.57 Å². The monoisotopic (exact) mass is 247 g/mol. The first-order valence-electron chi connectivity index (χ1n) is 2.71. The highest BCUT2D eigenvalue weighted by molar-refractivity contribution is 14.1. The lowest BCUT2D eigenvalue weighted by Gasteiger charge is -1.98. The summed E-state index contributed by atoms with van der Waals surface area (Å²) in [5.74, 6) is 0.642. The molecule has 1 radical (unpaired) electrons. The molecule has 1 aromatic carbocycles. The van der Waals surface area contributed by atoms with Gasteiger partial charge in [-0.3, -0.25) is 0 Å². The highest BCUT2D eigenvalue weighted by Crippen LogP contribution is 2.12. The number of hydrogen-bond donors (Lipinski definition) is 1. The molecule has 0 unspecified atom stereocenters. The quantitative estimate of drug-likeness (QED) is 0.628. The first kappa shape index (κ1) is 7.88. The third-order valence-corrected chi connectivity index (χ3v) is 1.72. The van der Waals surface area contributed by atoms with Gasteiger partial charge in [-0.1, -0.05) is 0 Å². The van der Waals surface area contributed by atoms with Crippen LogP contribution >= 0.6 is 22.6 Å².